The van der Waals surface area contributed by atoms with Crippen molar-refractivity contribution in [1.82, 2.24) is 20.1 Å². The molecule has 122 valence electrons. The SMILES string of the molecule is O=C(CCCn1cncn1)NCCC1COc2ccccc2O1. The van der Waals surface area contributed by atoms with Crippen LogP contribution in [0.4, 0.5) is 0 Å². The van der Waals surface area contributed by atoms with Crippen LogP contribution in [-0.4, -0.2) is 39.9 Å². The first-order chi connectivity index (χ1) is 11.3. The Balaban J connectivity index is 1.31. The van der Waals surface area contributed by atoms with Gasteiger partial charge in [-0.25, -0.2) is 4.98 Å². The maximum atomic E-state index is 11.8. The molecule has 0 saturated heterocycles. The number of aromatic nitrogens is 3. The summed E-state index contributed by atoms with van der Waals surface area (Å²) in [4.78, 5) is 15.6. The van der Waals surface area contributed by atoms with Gasteiger partial charge in [0, 0.05) is 25.9 Å². The van der Waals surface area contributed by atoms with Gasteiger partial charge in [0.2, 0.25) is 5.91 Å². The number of aryl methyl sites for hydroxylation is 1. The maximum absolute atomic E-state index is 11.8. The van der Waals surface area contributed by atoms with E-state index in [9.17, 15) is 4.79 Å². The quantitative estimate of drug-likeness (QED) is 0.835. The molecule has 0 spiro atoms. The van der Waals surface area contributed by atoms with Gasteiger partial charge in [0.25, 0.3) is 0 Å². The van der Waals surface area contributed by atoms with Crippen molar-refractivity contribution >= 4 is 5.91 Å². The predicted octanol–water partition coefficient (Wildman–Crippen LogP) is 1.40. The zero-order chi connectivity index (χ0) is 15.9. The van der Waals surface area contributed by atoms with Crippen molar-refractivity contribution in [2.75, 3.05) is 13.2 Å². The zero-order valence-electron chi connectivity index (χ0n) is 12.9. The van der Waals surface area contributed by atoms with Crippen LogP contribution >= 0.6 is 0 Å². The van der Waals surface area contributed by atoms with Crippen LogP contribution in [0.1, 0.15) is 19.3 Å². The van der Waals surface area contributed by atoms with Gasteiger partial charge in [0.15, 0.2) is 11.5 Å². The molecule has 2 aromatic rings. The monoisotopic (exact) mass is 316 g/mol. The number of ether oxygens (including phenoxy) is 2. The van der Waals surface area contributed by atoms with Crippen molar-refractivity contribution in [2.45, 2.75) is 31.9 Å². The van der Waals surface area contributed by atoms with Gasteiger partial charge in [-0.05, 0) is 18.6 Å². The molecule has 1 amide bonds. The van der Waals surface area contributed by atoms with E-state index < -0.39 is 0 Å². The lowest BCUT2D eigenvalue weighted by molar-refractivity contribution is -0.121. The lowest BCUT2D eigenvalue weighted by Crippen LogP contribution is -2.34. The molecule has 1 aliphatic heterocycles. The molecule has 1 aromatic carbocycles. The first-order valence-electron chi connectivity index (χ1n) is 7.79. The predicted molar refractivity (Wildman–Crippen MR) is 83.2 cm³/mol. The second-order valence-electron chi connectivity index (χ2n) is 5.40. The average molecular weight is 316 g/mol. The maximum Gasteiger partial charge on any atom is 0.220 e. The molecular weight excluding hydrogens is 296 g/mol. The number of para-hydroxylation sites is 2. The second-order valence-corrected chi connectivity index (χ2v) is 5.40. The van der Waals surface area contributed by atoms with Crippen molar-refractivity contribution in [3.8, 4) is 11.5 Å². The summed E-state index contributed by atoms with van der Waals surface area (Å²) >= 11 is 0. The molecule has 1 atom stereocenters. The smallest absolute Gasteiger partial charge is 0.220 e. The van der Waals surface area contributed by atoms with Gasteiger partial charge in [-0.1, -0.05) is 12.1 Å². The Morgan fingerprint density at radius 2 is 2.22 bits per heavy atom. The van der Waals surface area contributed by atoms with Gasteiger partial charge in [-0.3, -0.25) is 9.48 Å². The lowest BCUT2D eigenvalue weighted by Gasteiger charge is -2.26. The molecule has 3 rings (SSSR count). The van der Waals surface area contributed by atoms with Crippen LogP contribution in [-0.2, 0) is 11.3 Å². The minimum atomic E-state index is -0.0275. The van der Waals surface area contributed by atoms with Gasteiger partial charge >= 0.3 is 0 Å². The summed E-state index contributed by atoms with van der Waals surface area (Å²) in [5.74, 6) is 1.59. The average Bonchev–Trinajstić information content (AvgIpc) is 3.08. The van der Waals surface area contributed by atoms with E-state index in [1.807, 2.05) is 24.3 Å². The van der Waals surface area contributed by atoms with Gasteiger partial charge in [-0.2, -0.15) is 5.10 Å². The van der Waals surface area contributed by atoms with E-state index >= 15 is 0 Å². The summed E-state index contributed by atoms with van der Waals surface area (Å²) in [6.45, 7) is 1.79. The zero-order valence-corrected chi connectivity index (χ0v) is 12.9. The molecule has 1 aliphatic rings. The number of rotatable bonds is 7. The second kappa shape index (κ2) is 7.62. The fourth-order valence-electron chi connectivity index (χ4n) is 2.42. The molecule has 2 heterocycles. The molecule has 7 heteroatoms. The van der Waals surface area contributed by atoms with Gasteiger partial charge in [0.1, 0.15) is 25.4 Å². The summed E-state index contributed by atoms with van der Waals surface area (Å²) in [5.41, 5.74) is 0. The third-order valence-corrected chi connectivity index (χ3v) is 3.61. The highest BCUT2D eigenvalue weighted by atomic mass is 16.6. The van der Waals surface area contributed by atoms with Crippen molar-refractivity contribution in [1.29, 1.82) is 0 Å². The molecule has 7 nitrogen and oxygen atoms in total. The minimum absolute atomic E-state index is 0.0275. The number of carbonyl (C=O) groups is 1. The van der Waals surface area contributed by atoms with E-state index in [0.717, 1.165) is 24.3 Å². The molecule has 1 unspecified atom stereocenters. The summed E-state index contributed by atoms with van der Waals surface area (Å²) < 4.78 is 13.2. The van der Waals surface area contributed by atoms with Crippen molar-refractivity contribution in [3.63, 3.8) is 0 Å². The highest BCUT2D eigenvalue weighted by Crippen LogP contribution is 2.31. The Morgan fingerprint density at radius 1 is 1.35 bits per heavy atom. The molecule has 1 aromatic heterocycles. The molecule has 0 fully saturated rings. The Hall–Kier alpha value is -2.57. The highest BCUT2D eigenvalue weighted by molar-refractivity contribution is 5.75. The van der Waals surface area contributed by atoms with Crippen LogP contribution in [0.5, 0.6) is 11.5 Å². The summed E-state index contributed by atoms with van der Waals surface area (Å²) in [6, 6.07) is 7.62. The van der Waals surface area contributed by atoms with Crippen molar-refractivity contribution in [2.24, 2.45) is 0 Å². The minimum Gasteiger partial charge on any atom is -0.486 e. The molecule has 0 radical (unpaired) electrons. The van der Waals surface area contributed by atoms with Gasteiger partial charge in [-0.15, -0.1) is 0 Å². The van der Waals surface area contributed by atoms with E-state index in [2.05, 4.69) is 15.4 Å². The molecule has 0 saturated carbocycles. The van der Waals surface area contributed by atoms with Crippen LogP contribution in [0, 0.1) is 0 Å². The van der Waals surface area contributed by atoms with Crippen LogP contribution < -0.4 is 14.8 Å². The largest absolute Gasteiger partial charge is 0.486 e. The fourth-order valence-corrected chi connectivity index (χ4v) is 2.42. The van der Waals surface area contributed by atoms with Gasteiger partial charge in [0.05, 0.1) is 0 Å². The van der Waals surface area contributed by atoms with Crippen LogP contribution in [0.2, 0.25) is 0 Å². The molecule has 1 N–H and O–H groups in total. The Bertz CT molecular complexity index is 630. The number of hydrogen-bond acceptors (Lipinski definition) is 5. The lowest BCUT2D eigenvalue weighted by atomic mass is 10.2. The summed E-state index contributed by atoms with van der Waals surface area (Å²) in [6.07, 6.45) is 5.06. The number of fused-ring (bicyclic) bond motifs is 1. The number of amides is 1. The number of benzene rings is 1. The van der Waals surface area contributed by atoms with E-state index in [0.29, 0.717) is 26.1 Å². The highest BCUT2D eigenvalue weighted by Gasteiger charge is 2.20. The number of nitrogens with zero attached hydrogens (tertiary/aromatic N) is 3. The fraction of sp³-hybridized carbons (Fsp3) is 0.438. The Labute approximate surface area is 134 Å². The van der Waals surface area contributed by atoms with Gasteiger partial charge < -0.3 is 14.8 Å². The standard InChI is InChI=1S/C16H20N4O3/c21-16(6-3-9-20-12-17-11-19-20)18-8-7-13-10-22-14-4-1-2-5-15(14)23-13/h1-2,4-5,11-13H,3,6-10H2,(H,18,21). The molecule has 0 bridgehead atoms. The van der Waals surface area contributed by atoms with Crippen LogP contribution in [0.25, 0.3) is 0 Å². The third kappa shape index (κ3) is 4.45. The molecule has 0 aliphatic carbocycles. The number of carbonyl (C=O) groups excluding carboxylic acids is 1. The van der Waals surface area contributed by atoms with E-state index in [4.69, 9.17) is 9.47 Å². The number of hydrogen-bond donors (Lipinski definition) is 1. The topological polar surface area (TPSA) is 78.3 Å². The Morgan fingerprint density at radius 3 is 3.04 bits per heavy atom. The van der Waals surface area contributed by atoms with Crippen LogP contribution in [0.3, 0.4) is 0 Å². The van der Waals surface area contributed by atoms with E-state index in [1.54, 1.807) is 11.0 Å². The first kappa shape index (κ1) is 15.3. The number of nitrogens with one attached hydrogen (secondary N) is 1. The summed E-state index contributed by atoms with van der Waals surface area (Å²) in [7, 11) is 0. The summed E-state index contributed by atoms with van der Waals surface area (Å²) in [5, 5.41) is 6.91. The van der Waals surface area contributed by atoms with Crippen LogP contribution in [0.15, 0.2) is 36.9 Å². The van der Waals surface area contributed by atoms with E-state index in [1.165, 1.54) is 6.33 Å². The molecule has 23 heavy (non-hydrogen) atoms. The Kier molecular flexibility index (Phi) is 5.08. The van der Waals surface area contributed by atoms with Crippen molar-refractivity contribution < 1.29 is 14.3 Å². The first-order valence-corrected chi connectivity index (χ1v) is 7.79. The normalized spacial score (nSPS) is 16.1. The molecular formula is C16H20N4O3. The third-order valence-electron chi connectivity index (χ3n) is 3.61. The van der Waals surface area contributed by atoms with E-state index in [-0.39, 0.29) is 12.0 Å². The van der Waals surface area contributed by atoms with Crippen molar-refractivity contribution in [3.05, 3.63) is 36.9 Å².